The second-order valence-corrected chi connectivity index (χ2v) is 9.36. The molecule has 0 bridgehead atoms. The normalized spacial score (nSPS) is 30.4. The molecule has 1 aliphatic carbocycles. The quantitative estimate of drug-likeness (QED) is 0.454. The summed E-state index contributed by atoms with van der Waals surface area (Å²) in [6.45, 7) is 2.05. The van der Waals surface area contributed by atoms with Crippen LogP contribution in [0, 0.1) is 35.4 Å². The molecule has 4 rings (SSSR count). The molecule has 164 valence electrons. The van der Waals surface area contributed by atoms with Crippen molar-refractivity contribution in [2.75, 3.05) is 11.9 Å². The molecule has 1 aliphatic heterocycles. The van der Waals surface area contributed by atoms with Crippen LogP contribution in [0.2, 0.25) is 0 Å². The molecule has 0 spiro atoms. The van der Waals surface area contributed by atoms with Crippen molar-refractivity contribution in [3.63, 3.8) is 0 Å². The van der Waals surface area contributed by atoms with E-state index in [1.165, 1.54) is 12.1 Å². The summed E-state index contributed by atoms with van der Waals surface area (Å²) in [5, 5.41) is 10.8. The van der Waals surface area contributed by atoms with Crippen molar-refractivity contribution in [2.24, 2.45) is 29.6 Å². The maximum absolute atomic E-state index is 13.5. The molecule has 1 aromatic heterocycles. The predicted octanol–water partition coefficient (Wildman–Crippen LogP) is 5.11. The Morgan fingerprint density at radius 1 is 1.29 bits per heavy atom. The number of halogens is 2. The monoisotopic (exact) mass is 487 g/mol. The Labute approximate surface area is 190 Å². The van der Waals surface area contributed by atoms with Crippen molar-refractivity contribution in [3.8, 4) is 11.1 Å². The van der Waals surface area contributed by atoms with E-state index in [1.54, 1.807) is 12.3 Å². The van der Waals surface area contributed by atoms with Crippen LogP contribution >= 0.6 is 15.9 Å². The van der Waals surface area contributed by atoms with Crippen LogP contribution in [0.15, 0.2) is 48.7 Å². The van der Waals surface area contributed by atoms with Gasteiger partial charge in [0.25, 0.3) is 0 Å². The number of esters is 1. The summed E-state index contributed by atoms with van der Waals surface area (Å²) < 4.78 is 19.1. The highest BCUT2D eigenvalue weighted by atomic mass is 79.9. The lowest BCUT2D eigenvalue weighted by atomic mass is 9.60. The van der Waals surface area contributed by atoms with Gasteiger partial charge in [0.05, 0.1) is 11.6 Å². The lowest BCUT2D eigenvalue weighted by Crippen LogP contribution is -2.42. The van der Waals surface area contributed by atoms with Gasteiger partial charge in [0, 0.05) is 29.6 Å². The van der Waals surface area contributed by atoms with Crippen LogP contribution in [0.4, 0.5) is 4.39 Å². The molecule has 6 heteroatoms. The van der Waals surface area contributed by atoms with Gasteiger partial charge in [0.1, 0.15) is 11.9 Å². The zero-order valence-electron chi connectivity index (χ0n) is 17.5. The number of carbonyl (C=O) groups is 1. The number of ether oxygens (including phenoxy) is 1. The molecule has 6 atom stereocenters. The van der Waals surface area contributed by atoms with Crippen LogP contribution in [-0.4, -0.2) is 34.1 Å². The molecule has 2 aromatic rings. The zero-order valence-corrected chi connectivity index (χ0v) is 19.0. The standard InChI is InChI=1S/C25H27BrFNO3/c1-15-24-22(21(9-10-26)18(14-29)12-23(24)25(30)31-15)8-7-20-6-5-17(13-28-20)16-3-2-4-19(27)11-16/h2-8,11,13,15,18,21-24,29H,9-10,12,14H2,1H3/b8-7+/t15-,18?,21?,22?,23?,24?/m1/s1. The van der Waals surface area contributed by atoms with Crippen LogP contribution in [0.25, 0.3) is 17.2 Å². The largest absolute Gasteiger partial charge is 0.462 e. The molecule has 1 saturated carbocycles. The molecule has 1 N–H and O–H groups in total. The second kappa shape index (κ2) is 9.61. The van der Waals surface area contributed by atoms with Gasteiger partial charge in [-0.3, -0.25) is 9.78 Å². The topological polar surface area (TPSA) is 59.4 Å². The summed E-state index contributed by atoms with van der Waals surface area (Å²) in [6.07, 6.45) is 7.37. The highest BCUT2D eigenvalue weighted by Gasteiger charge is 2.53. The number of cyclic esters (lactones) is 1. The number of allylic oxidation sites excluding steroid dienone is 1. The Kier molecular flexibility index (Phi) is 6.87. The Morgan fingerprint density at radius 2 is 2.13 bits per heavy atom. The van der Waals surface area contributed by atoms with E-state index in [0.717, 1.165) is 28.6 Å². The molecule has 2 aliphatic rings. The fourth-order valence-corrected chi connectivity index (χ4v) is 5.88. The molecule has 0 radical (unpaired) electrons. The molecule has 1 aromatic carbocycles. The average Bonchev–Trinajstić information content (AvgIpc) is 3.06. The van der Waals surface area contributed by atoms with Crippen LogP contribution in [0.1, 0.15) is 25.5 Å². The van der Waals surface area contributed by atoms with Crippen molar-refractivity contribution in [1.82, 2.24) is 4.98 Å². The molecule has 1 saturated heterocycles. The van der Waals surface area contributed by atoms with Gasteiger partial charge in [-0.15, -0.1) is 0 Å². The molecular formula is C25H27BrFNO3. The van der Waals surface area contributed by atoms with Crippen LogP contribution in [0.3, 0.4) is 0 Å². The number of benzene rings is 1. The number of alkyl halides is 1. The molecule has 2 fully saturated rings. The van der Waals surface area contributed by atoms with E-state index in [0.29, 0.717) is 6.42 Å². The van der Waals surface area contributed by atoms with Crippen molar-refractivity contribution < 1.29 is 19.0 Å². The van der Waals surface area contributed by atoms with Gasteiger partial charge in [0.2, 0.25) is 0 Å². The van der Waals surface area contributed by atoms with Gasteiger partial charge in [-0.05, 0) is 67.4 Å². The van der Waals surface area contributed by atoms with E-state index < -0.39 is 0 Å². The maximum Gasteiger partial charge on any atom is 0.309 e. The number of aliphatic hydroxyl groups excluding tert-OH is 1. The summed E-state index contributed by atoms with van der Waals surface area (Å²) in [4.78, 5) is 16.9. The number of fused-ring (bicyclic) bond motifs is 1. The summed E-state index contributed by atoms with van der Waals surface area (Å²) in [6, 6.07) is 10.3. The summed E-state index contributed by atoms with van der Waals surface area (Å²) in [5.74, 6) is 0.0229. The molecular weight excluding hydrogens is 461 g/mol. The molecule has 2 heterocycles. The fourth-order valence-electron chi connectivity index (χ4n) is 5.36. The lowest BCUT2D eigenvalue weighted by Gasteiger charge is -2.42. The average molecular weight is 488 g/mol. The number of aromatic nitrogens is 1. The van der Waals surface area contributed by atoms with E-state index in [2.05, 4.69) is 27.0 Å². The Bertz CT molecular complexity index is 948. The van der Waals surface area contributed by atoms with E-state index in [-0.39, 0.29) is 54.1 Å². The third-order valence-corrected chi connectivity index (χ3v) is 7.28. The first-order valence-electron chi connectivity index (χ1n) is 10.8. The summed E-state index contributed by atoms with van der Waals surface area (Å²) in [7, 11) is 0. The summed E-state index contributed by atoms with van der Waals surface area (Å²) in [5.41, 5.74) is 2.45. The number of nitrogens with zero attached hydrogens (tertiary/aromatic N) is 1. The third kappa shape index (κ3) is 4.60. The van der Waals surface area contributed by atoms with Crippen LogP contribution < -0.4 is 0 Å². The van der Waals surface area contributed by atoms with Gasteiger partial charge < -0.3 is 9.84 Å². The minimum absolute atomic E-state index is 0.0769. The van der Waals surface area contributed by atoms with Crippen molar-refractivity contribution in [1.29, 1.82) is 0 Å². The smallest absolute Gasteiger partial charge is 0.309 e. The number of pyridine rings is 1. The SMILES string of the molecule is C[C@H]1OC(=O)C2CC(CO)C(CCBr)C(/C=C/c3ccc(-c4cccc(F)c4)cn3)C21. The Hall–Kier alpha value is -2.05. The minimum atomic E-state index is -0.271. The highest BCUT2D eigenvalue weighted by Crippen LogP contribution is 2.50. The first-order chi connectivity index (χ1) is 15.0. The van der Waals surface area contributed by atoms with Crippen LogP contribution in [-0.2, 0) is 9.53 Å². The summed E-state index contributed by atoms with van der Waals surface area (Å²) >= 11 is 3.56. The lowest BCUT2D eigenvalue weighted by molar-refractivity contribution is -0.144. The number of aliphatic hydroxyl groups is 1. The van der Waals surface area contributed by atoms with E-state index in [1.807, 2.05) is 31.2 Å². The van der Waals surface area contributed by atoms with Crippen LogP contribution in [0.5, 0.6) is 0 Å². The predicted molar refractivity (Wildman–Crippen MR) is 122 cm³/mol. The van der Waals surface area contributed by atoms with Gasteiger partial charge in [-0.1, -0.05) is 40.2 Å². The number of hydrogen-bond donors (Lipinski definition) is 1. The highest BCUT2D eigenvalue weighted by molar-refractivity contribution is 9.09. The molecule has 31 heavy (non-hydrogen) atoms. The van der Waals surface area contributed by atoms with Crippen molar-refractivity contribution in [3.05, 3.63) is 60.2 Å². The number of rotatable bonds is 6. The maximum atomic E-state index is 13.5. The molecule has 0 amide bonds. The fraction of sp³-hybridized carbons (Fsp3) is 0.440. The molecule has 4 nitrogen and oxygen atoms in total. The third-order valence-electron chi connectivity index (χ3n) is 6.82. The first kappa shape index (κ1) is 22.2. The zero-order chi connectivity index (χ0) is 22.0. The van der Waals surface area contributed by atoms with E-state index in [4.69, 9.17) is 4.74 Å². The molecule has 5 unspecified atom stereocenters. The second-order valence-electron chi connectivity index (χ2n) is 8.56. The number of carbonyl (C=O) groups excluding carboxylic acids is 1. The van der Waals surface area contributed by atoms with Gasteiger partial charge in [0.15, 0.2) is 0 Å². The van der Waals surface area contributed by atoms with Crippen molar-refractivity contribution >= 4 is 28.0 Å². The first-order valence-corrected chi connectivity index (χ1v) is 11.9. The Morgan fingerprint density at radius 3 is 2.81 bits per heavy atom. The van der Waals surface area contributed by atoms with E-state index >= 15 is 0 Å². The Balaban J connectivity index is 1.59. The number of hydrogen-bond acceptors (Lipinski definition) is 4. The van der Waals surface area contributed by atoms with Gasteiger partial charge >= 0.3 is 5.97 Å². The van der Waals surface area contributed by atoms with E-state index in [9.17, 15) is 14.3 Å². The van der Waals surface area contributed by atoms with Crippen molar-refractivity contribution in [2.45, 2.75) is 25.9 Å². The van der Waals surface area contributed by atoms with Gasteiger partial charge in [-0.25, -0.2) is 4.39 Å². The minimum Gasteiger partial charge on any atom is -0.462 e. The van der Waals surface area contributed by atoms with Gasteiger partial charge in [-0.2, -0.15) is 0 Å².